The van der Waals surface area contributed by atoms with E-state index < -0.39 is 6.17 Å². The second-order valence-electron chi connectivity index (χ2n) is 13.1. The standard InChI is InChI=1S/C45H33N3OS2/c46-44(48-45(47-26-27-11-2-1-3-12-27)36-20-8-15-31-29-13-4-6-21-38(29)49-41(31)36)28-23-24-40-37(25-28)35-19-10-18-34(43(35)51-40)33-17-9-16-32-30-14-5-7-22-39(30)50-42(32)33/h1-25,44-45,47-48H,26,46H2. The van der Waals surface area contributed by atoms with E-state index in [9.17, 15) is 0 Å². The van der Waals surface area contributed by atoms with Crippen molar-refractivity contribution in [3.05, 3.63) is 168 Å². The van der Waals surface area contributed by atoms with E-state index >= 15 is 0 Å². The van der Waals surface area contributed by atoms with Crippen LogP contribution in [0.4, 0.5) is 0 Å². The second-order valence-corrected chi connectivity index (χ2v) is 15.2. The van der Waals surface area contributed by atoms with Gasteiger partial charge in [0.05, 0.1) is 12.3 Å². The van der Waals surface area contributed by atoms with Crippen LogP contribution in [0.25, 0.3) is 73.4 Å². The van der Waals surface area contributed by atoms with Gasteiger partial charge in [-0.25, -0.2) is 0 Å². The number of para-hydroxylation sites is 2. The summed E-state index contributed by atoms with van der Waals surface area (Å²) in [5.41, 5.74) is 14.6. The molecule has 0 fully saturated rings. The molecule has 0 saturated heterocycles. The van der Waals surface area contributed by atoms with Crippen molar-refractivity contribution in [3.8, 4) is 11.1 Å². The Bertz CT molecular complexity index is 2890. The zero-order valence-corrected chi connectivity index (χ0v) is 29.2. The van der Waals surface area contributed by atoms with Gasteiger partial charge in [-0.3, -0.25) is 10.6 Å². The zero-order valence-electron chi connectivity index (χ0n) is 27.6. The molecule has 51 heavy (non-hydrogen) atoms. The average molecular weight is 696 g/mol. The minimum atomic E-state index is -0.437. The molecule has 2 unspecified atom stereocenters. The van der Waals surface area contributed by atoms with Crippen molar-refractivity contribution in [1.82, 2.24) is 10.6 Å². The third-order valence-corrected chi connectivity index (χ3v) is 12.5. The van der Waals surface area contributed by atoms with Crippen LogP contribution in [0.3, 0.4) is 0 Å². The highest BCUT2D eigenvalue weighted by Gasteiger charge is 2.22. The molecule has 10 aromatic rings. The summed E-state index contributed by atoms with van der Waals surface area (Å²) >= 11 is 3.74. The lowest BCUT2D eigenvalue weighted by Gasteiger charge is -2.25. The van der Waals surface area contributed by atoms with E-state index in [2.05, 4.69) is 144 Å². The van der Waals surface area contributed by atoms with Gasteiger partial charge in [-0.15, -0.1) is 22.7 Å². The highest BCUT2D eigenvalue weighted by Crippen LogP contribution is 2.45. The number of hydrogen-bond donors (Lipinski definition) is 3. The van der Waals surface area contributed by atoms with Gasteiger partial charge in [0.2, 0.25) is 0 Å². The first-order chi connectivity index (χ1) is 25.2. The highest BCUT2D eigenvalue weighted by atomic mass is 32.1. The first-order valence-corrected chi connectivity index (χ1v) is 18.9. The van der Waals surface area contributed by atoms with Gasteiger partial charge in [0.25, 0.3) is 0 Å². The van der Waals surface area contributed by atoms with E-state index in [1.165, 1.54) is 57.0 Å². The monoisotopic (exact) mass is 695 g/mol. The van der Waals surface area contributed by atoms with Crippen molar-refractivity contribution in [3.63, 3.8) is 0 Å². The molecule has 0 saturated carbocycles. The van der Waals surface area contributed by atoms with E-state index in [1.54, 1.807) is 0 Å². The normalized spacial score (nSPS) is 13.3. The van der Waals surface area contributed by atoms with Crippen LogP contribution < -0.4 is 16.4 Å². The SMILES string of the molecule is NC(NC(NCc1ccccc1)c1cccc2c1oc1ccccc12)c1ccc2sc3c(-c4cccc5c4sc4ccccc45)cccc3c2c1. The fourth-order valence-corrected chi connectivity index (χ4v) is 9.97. The number of furan rings is 1. The molecule has 246 valence electrons. The number of nitrogens with one attached hydrogen (secondary N) is 2. The molecule has 0 aliphatic heterocycles. The smallest absolute Gasteiger partial charge is 0.141 e. The van der Waals surface area contributed by atoms with Gasteiger partial charge < -0.3 is 10.2 Å². The fraction of sp³-hybridized carbons (Fsp3) is 0.0667. The summed E-state index contributed by atoms with van der Waals surface area (Å²) in [6.45, 7) is 0.672. The quantitative estimate of drug-likeness (QED) is 0.138. The van der Waals surface area contributed by atoms with Crippen LogP contribution in [0.2, 0.25) is 0 Å². The van der Waals surface area contributed by atoms with Gasteiger partial charge in [0, 0.05) is 74.4 Å². The molecule has 3 heterocycles. The Hall–Kier alpha value is -5.34. The first-order valence-electron chi connectivity index (χ1n) is 17.2. The molecule has 3 aromatic heterocycles. The third kappa shape index (κ3) is 5.23. The topological polar surface area (TPSA) is 63.2 Å². The Morgan fingerprint density at radius 1 is 0.549 bits per heavy atom. The number of benzene rings is 7. The molecule has 10 rings (SSSR count). The molecule has 0 bridgehead atoms. The summed E-state index contributed by atoms with van der Waals surface area (Å²) in [5.74, 6) is 0. The van der Waals surface area contributed by atoms with Gasteiger partial charge in [-0.1, -0.05) is 127 Å². The molecule has 7 aromatic carbocycles. The number of rotatable bonds is 8. The summed E-state index contributed by atoms with van der Waals surface area (Å²) in [6, 6.07) is 53.8. The molecule has 2 atom stereocenters. The molecule has 0 aliphatic carbocycles. The molecule has 6 heteroatoms. The van der Waals surface area contributed by atoms with E-state index in [1.807, 2.05) is 40.9 Å². The minimum absolute atomic E-state index is 0.271. The molecular weight excluding hydrogens is 663 g/mol. The molecular formula is C45H33N3OS2. The van der Waals surface area contributed by atoms with Crippen molar-refractivity contribution in [2.75, 3.05) is 0 Å². The third-order valence-electron chi connectivity index (χ3n) is 10.0. The predicted octanol–water partition coefficient (Wildman–Crippen LogP) is 12.0. The van der Waals surface area contributed by atoms with Gasteiger partial charge in [0.15, 0.2) is 0 Å². The van der Waals surface area contributed by atoms with Crippen LogP contribution >= 0.6 is 22.7 Å². The van der Waals surface area contributed by atoms with Crippen molar-refractivity contribution in [1.29, 1.82) is 0 Å². The van der Waals surface area contributed by atoms with Crippen LogP contribution in [0, 0.1) is 0 Å². The van der Waals surface area contributed by atoms with Gasteiger partial charge >= 0.3 is 0 Å². The second kappa shape index (κ2) is 12.5. The van der Waals surface area contributed by atoms with E-state index in [4.69, 9.17) is 10.2 Å². The first kappa shape index (κ1) is 30.5. The summed E-state index contributed by atoms with van der Waals surface area (Å²) in [4.78, 5) is 0. The highest BCUT2D eigenvalue weighted by molar-refractivity contribution is 7.27. The lowest BCUT2D eigenvalue weighted by atomic mass is 10.00. The van der Waals surface area contributed by atoms with Crippen molar-refractivity contribution in [2.24, 2.45) is 5.73 Å². The maximum atomic E-state index is 7.07. The number of thiophene rings is 2. The Balaban J connectivity index is 1.03. The molecule has 0 spiro atoms. The molecule has 4 N–H and O–H groups in total. The van der Waals surface area contributed by atoms with Crippen LogP contribution in [0.15, 0.2) is 156 Å². The van der Waals surface area contributed by atoms with Gasteiger partial charge in [0.1, 0.15) is 11.2 Å². The van der Waals surface area contributed by atoms with Crippen molar-refractivity contribution >= 4 is 85.0 Å². The Morgan fingerprint density at radius 3 is 1.98 bits per heavy atom. The Kier molecular flexibility index (Phi) is 7.45. The zero-order chi connectivity index (χ0) is 33.9. The van der Waals surface area contributed by atoms with E-state index in [0.29, 0.717) is 6.54 Å². The van der Waals surface area contributed by atoms with E-state index in [-0.39, 0.29) is 6.17 Å². The van der Waals surface area contributed by atoms with Crippen molar-refractivity contribution in [2.45, 2.75) is 18.9 Å². The predicted molar refractivity (Wildman–Crippen MR) is 217 cm³/mol. The maximum absolute atomic E-state index is 7.07. The van der Waals surface area contributed by atoms with Crippen molar-refractivity contribution < 1.29 is 4.42 Å². The fourth-order valence-electron chi connectivity index (χ4n) is 7.53. The molecule has 4 nitrogen and oxygen atoms in total. The van der Waals surface area contributed by atoms with Gasteiger partial charge in [-0.05, 0) is 35.4 Å². The number of nitrogens with two attached hydrogens (primary N) is 1. The molecule has 0 aliphatic rings. The van der Waals surface area contributed by atoms with Crippen LogP contribution in [-0.2, 0) is 6.54 Å². The maximum Gasteiger partial charge on any atom is 0.141 e. The number of fused-ring (bicyclic) bond motifs is 9. The molecule has 0 radical (unpaired) electrons. The van der Waals surface area contributed by atoms with Crippen LogP contribution in [0.1, 0.15) is 29.0 Å². The molecule has 0 amide bonds. The summed E-state index contributed by atoms with van der Waals surface area (Å²) in [7, 11) is 0. The summed E-state index contributed by atoms with van der Waals surface area (Å²) in [5, 5.41) is 14.8. The van der Waals surface area contributed by atoms with Crippen LogP contribution in [0.5, 0.6) is 0 Å². The van der Waals surface area contributed by atoms with E-state index in [0.717, 1.165) is 33.1 Å². The average Bonchev–Trinajstić information content (AvgIpc) is 3.88. The lowest BCUT2D eigenvalue weighted by Crippen LogP contribution is -2.39. The number of hydrogen-bond acceptors (Lipinski definition) is 6. The van der Waals surface area contributed by atoms with Gasteiger partial charge in [-0.2, -0.15) is 0 Å². The largest absolute Gasteiger partial charge is 0.456 e. The lowest BCUT2D eigenvalue weighted by molar-refractivity contribution is 0.385. The summed E-state index contributed by atoms with van der Waals surface area (Å²) < 4.78 is 11.7. The Morgan fingerprint density at radius 2 is 1.18 bits per heavy atom. The summed E-state index contributed by atoms with van der Waals surface area (Å²) in [6.07, 6.45) is -0.708. The minimum Gasteiger partial charge on any atom is -0.456 e. The Labute approximate surface area is 302 Å². The van der Waals surface area contributed by atoms with Crippen LogP contribution in [-0.4, -0.2) is 0 Å².